The van der Waals surface area contributed by atoms with Crippen molar-refractivity contribution in [2.45, 2.75) is 13.5 Å². The Kier molecular flexibility index (Phi) is 2.33. The number of benzene rings is 1. The fraction of sp³-hybridized carbons (Fsp3) is 0.154. The number of hydrogen-bond acceptors (Lipinski definition) is 3. The number of nitrogens with zero attached hydrogens (tertiary/aromatic N) is 4. The van der Waals surface area contributed by atoms with Crippen LogP contribution in [0, 0.1) is 6.92 Å². The van der Waals surface area contributed by atoms with Crippen LogP contribution >= 0.6 is 0 Å². The third-order valence-electron chi connectivity index (χ3n) is 2.90. The predicted octanol–water partition coefficient (Wildman–Crippen LogP) is 2.18. The first kappa shape index (κ1) is 9.96. The normalized spacial score (nSPS) is 10.9. The molecule has 0 radical (unpaired) electrons. The molecule has 0 spiro atoms. The average molecular weight is 224 g/mol. The summed E-state index contributed by atoms with van der Waals surface area (Å²) in [5, 5.41) is 8.25. The van der Waals surface area contributed by atoms with E-state index in [1.807, 2.05) is 22.9 Å². The van der Waals surface area contributed by atoms with E-state index in [0.717, 1.165) is 17.6 Å². The van der Waals surface area contributed by atoms with Crippen LogP contribution in [-0.4, -0.2) is 20.0 Å². The zero-order valence-electron chi connectivity index (χ0n) is 9.54. The van der Waals surface area contributed by atoms with E-state index in [9.17, 15) is 0 Å². The highest BCUT2D eigenvalue weighted by Gasteiger charge is 2.05. The summed E-state index contributed by atoms with van der Waals surface area (Å²) in [7, 11) is 0. The predicted molar refractivity (Wildman–Crippen MR) is 65.6 cm³/mol. The van der Waals surface area contributed by atoms with Crippen molar-refractivity contribution in [3.63, 3.8) is 0 Å². The first-order valence-corrected chi connectivity index (χ1v) is 5.52. The minimum atomic E-state index is 0.743. The highest BCUT2D eigenvalue weighted by Crippen LogP contribution is 2.13. The van der Waals surface area contributed by atoms with Crippen LogP contribution in [-0.2, 0) is 6.54 Å². The van der Waals surface area contributed by atoms with Crippen LogP contribution in [0.1, 0.15) is 11.1 Å². The van der Waals surface area contributed by atoms with Crippen LogP contribution in [0.25, 0.3) is 11.0 Å². The Morgan fingerprint density at radius 1 is 1.18 bits per heavy atom. The van der Waals surface area contributed by atoms with Gasteiger partial charge in [0.2, 0.25) is 0 Å². The number of pyridine rings is 1. The molecular weight excluding hydrogens is 212 g/mol. The van der Waals surface area contributed by atoms with Gasteiger partial charge in [-0.05, 0) is 24.1 Å². The second kappa shape index (κ2) is 3.97. The van der Waals surface area contributed by atoms with E-state index in [2.05, 4.69) is 34.4 Å². The van der Waals surface area contributed by atoms with Crippen molar-refractivity contribution in [2.75, 3.05) is 0 Å². The Bertz CT molecular complexity index is 657. The maximum Gasteiger partial charge on any atom is 0.131 e. The van der Waals surface area contributed by atoms with Crippen molar-refractivity contribution in [1.82, 2.24) is 20.0 Å². The first-order valence-electron chi connectivity index (χ1n) is 5.52. The lowest BCUT2D eigenvalue weighted by Crippen LogP contribution is -2.03. The van der Waals surface area contributed by atoms with Crippen LogP contribution in [0.15, 0.2) is 42.7 Å². The number of rotatable bonds is 2. The van der Waals surface area contributed by atoms with Crippen LogP contribution in [0.5, 0.6) is 0 Å². The van der Waals surface area contributed by atoms with Crippen LogP contribution in [0.2, 0.25) is 0 Å². The lowest BCUT2D eigenvalue weighted by molar-refractivity contribution is 0.667. The van der Waals surface area contributed by atoms with Gasteiger partial charge >= 0.3 is 0 Å². The number of aryl methyl sites for hydroxylation is 1. The van der Waals surface area contributed by atoms with Crippen molar-refractivity contribution in [3.05, 3.63) is 53.9 Å². The smallest absolute Gasteiger partial charge is 0.131 e. The molecule has 0 saturated carbocycles. The molecule has 0 fully saturated rings. The number of fused-ring (bicyclic) bond motifs is 1. The molecule has 0 aliphatic carbocycles. The fourth-order valence-corrected chi connectivity index (χ4v) is 1.89. The Morgan fingerprint density at radius 2 is 2.06 bits per heavy atom. The Balaban J connectivity index is 2.03. The summed E-state index contributed by atoms with van der Waals surface area (Å²) < 4.78 is 1.90. The van der Waals surface area contributed by atoms with Gasteiger partial charge in [-0.2, -0.15) is 0 Å². The van der Waals surface area contributed by atoms with E-state index in [4.69, 9.17) is 0 Å². The molecule has 3 rings (SSSR count). The average Bonchev–Trinajstić information content (AvgIpc) is 2.76. The van der Waals surface area contributed by atoms with Gasteiger partial charge in [0.15, 0.2) is 0 Å². The van der Waals surface area contributed by atoms with Gasteiger partial charge in [0.05, 0.1) is 18.3 Å². The Labute approximate surface area is 98.9 Å². The van der Waals surface area contributed by atoms with Crippen molar-refractivity contribution >= 4 is 11.0 Å². The van der Waals surface area contributed by atoms with Gasteiger partial charge in [0, 0.05) is 6.20 Å². The molecule has 0 amide bonds. The quantitative estimate of drug-likeness (QED) is 0.670. The summed E-state index contributed by atoms with van der Waals surface area (Å²) in [5.74, 6) is 0. The second-order valence-electron chi connectivity index (χ2n) is 4.04. The van der Waals surface area contributed by atoms with Crippen LogP contribution < -0.4 is 0 Å². The van der Waals surface area contributed by atoms with E-state index < -0.39 is 0 Å². The molecule has 0 bridgehead atoms. The highest BCUT2D eigenvalue weighted by molar-refractivity contribution is 5.72. The van der Waals surface area contributed by atoms with Crippen LogP contribution in [0.3, 0.4) is 0 Å². The number of hydrogen-bond donors (Lipinski definition) is 0. The molecule has 17 heavy (non-hydrogen) atoms. The van der Waals surface area contributed by atoms with E-state index in [0.29, 0.717) is 0 Å². The highest BCUT2D eigenvalue weighted by atomic mass is 15.4. The molecule has 3 aromatic rings. The molecule has 1 aromatic carbocycles. The molecule has 2 heterocycles. The summed E-state index contributed by atoms with van der Waals surface area (Å²) in [4.78, 5) is 4.03. The summed E-state index contributed by atoms with van der Waals surface area (Å²) >= 11 is 0. The molecule has 4 nitrogen and oxygen atoms in total. The van der Waals surface area contributed by atoms with Gasteiger partial charge < -0.3 is 0 Å². The maximum atomic E-state index is 4.16. The minimum Gasteiger partial charge on any atom is -0.262 e. The summed E-state index contributed by atoms with van der Waals surface area (Å²) in [6.07, 6.45) is 3.50. The van der Waals surface area contributed by atoms with Crippen molar-refractivity contribution in [1.29, 1.82) is 0 Å². The zero-order chi connectivity index (χ0) is 11.7. The summed E-state index contributed by atoms with van der Waals surface area (Å²) in [6, 6.07) is 10.2. The SMILES string of the molecule is Cc1ccccc1Cn1nnc2cnccc21. The molecule has 0 aliphatic rings. The van der Waals surface area contributed by atoms with Crippen molar-refractivity contribution in [2.24, 2.45) is 0 Å². The van der Waals surface area contributed by atoms with Gasteiger partial charge in [-0.15, -0.1) is 5.10 Å². The van der Waals surface area contributed by atoms with Gasteiger partial charge in [-0.3, -0.25) is 4.98 Å². The van der Waals surface area contributed by atoms with E-state index >= 15 is 0 Å². The van der Waals surface area contributed by atoms with Gasteiger partial charge in [0.25, 0.3) is 0 Å². The second-order valence-corrected chi connectivity index (χ2v) is 4.04. The molecule has 84 valence electrons. The van der Waals surface area contributed by atoms with E-state index in [1.165, 1.54) is 11.1 Å². The lowest BCUT2D eigenvalue weighted by Gasteiger charge is -2.05. The molecule has 2 aromatic heterocycles. The van der Waals surface area contributed by atoms with Crippen molar-refractivity contribution < 1.29 is 0 Å². The molecule has 4 heteroatoms. The number of aromatic nitrogens is 4. The fourth-order valence-electron chi connectivity index (χ4n) is 1.89. The van der Waals surface area contributed by atoms with E-state index in [-0.39, 0.29) is 0 Å². The maximum absolute atomic E-state index is 4.16. The van der Waals surface area contributed by atoms with Crippen molar-refractivity contribution in [3.8, 4) is 0 Å². The third kappa shape index (κ3) is 1.78. The molecule has 0 N–H and O–H groups in total. The zero-order valence-corrected chi connectivity index (χ0v) is 9.54. The molecule has 0 saturated heterocycles. The Morgan fingerprint density at radius 3 is 2.94 bits per heavy atom. The Hall–Kier alpha value is -2.23. The standard InChI is InChI=1S/C13H12N4/c1-10-4-2-3-5-11(10)9-17-13-6-7-14-8-12(13)15-16-17/h2-8H,9H2,1H3. The molecular formula is C13H12N4. The van der Waals surface area contributed by atoms with Crippen LogP contribution in [0.4, 0.5) is 0 Å². The first-order chi connectivity index (χ1) is 8.34. The lowest BCUT2D eigenvalue weighted by atomic mass is 10.1. The molecule has 0 unspecified atom stereocenters. The molecule has 0 aliphatic heterocycles. The largest absolute Gasteiger partial charge is 0.262 e. The summed E-state index contributed by atoms with van der Waals surface area (Å²) in [6.45, 7) is 2.85. The van der Waals surface area contributed by atoms with Gasteiger partial charge in [0.1, 0.15) is 5.52 Å². The van der Waals surface area contributed by atoms with Gasteiger partial charge in [-0.25, -0.2) is 4.68 Å². The third-order valence-corrected chi connectivity index (χ3v) is 2.90. The monoisotopic (exact) mass is 224 g/mol. The molecule has 0 atom stereocenters. The summed E-state index contributed by atoms with van der Waals surface area (Å²) in [5.41, 5.74) is 4.38. The topological polar surface area (TPSA) is 43.6 Å². The van der Waals surface area contributed by atoms with Gasteiger partial charge in [-0.1, -0.05) is 29.5 Å². The van der Waals surface area contributed by atoms with E-state index in [1.54, 1.807) is 12.4 Å². The minimum absolute atomic E-state index is 0.743.